The molecular formula is C17H27NO. The number of hydrogen-bond acceptors (Lipinski definition) is 2. The summed E-state index contributed by atoms with van der Waals surface area (Å²) in [5, 5.41) is 0. The van der Waals surface area contributed by atoms with Gasteiger partial charge in [0, 0.05) is 24.6 Å². The number of nitrogens with zero attached hydrogens (tertiary/aromatic N) is 1. The lowest BCUT2D eigenvalue weighted by molar-refractivity contribution is 0.0889. The highest BCUT2D eigenvalue weighted by Crippen LogP contribution is 2.12. The monoisotopic (exact) mass is 261 g/mol. The van der Waals surface area contributed by atoms with E-state index >= 15 is 0 Å². The first-order valence-electron chi connectivity index (χ1n) is 7.40. The Balaban J connectivity index is 2.57. The van der Waals surface area contributed by atoms with Crippen molar-refractivity contribution >= 4 is 5.78 Å². The van der Waals surface area contributed by atoms with E-state index in [4.69, 9.17) is 0 Å². The van der Waals surface area contributed by atoms with Crippen LogP contribution < -0.4 is 0 Å². The third-order valence-corrected chi connectivity index (χ3v) is 3.75. The molecule has 1 aromatic carbocycles. The van der Waals surface area contributed by atoms with E-state index in [1.165, 1.54) is 6.42 Å². The van der Waals surface area contributed by atoms with Crippen LogP contribution in [0, 0.1) is 11.8 Å². The van der Waals surface area contributed by atoms with Gasteiger partial charge in [0.25, 0.3) is 0 Å². The van der Waals surface area contributed by atoms with Gasteiger partial charge in [-0.05, 0) is 12.5 Å². The molecule has 106 valence electrons. The SMILES string of the molecule is CCC(C)CN(CC)CC(C)C(=O)c1ccccc1. The van der Waals surface area contributed by atoms with Crippen molar-refractivity contribution in [3.63, 3.8) is 0 Å². The van der Waals surface area contributed by atoms with Crippen LogP contribution in [0.4, 0.5) is 0 Å². The van der Waals surface area contributed by atoms with E-state index in [0.717, 1.165) is 25.2 Å². The molecule has 19 heavy (non-hydrogen) atoms. The van der Waals surface area contributed by atoms with E-state index in [2.05, 4.69) is 25.7 Å². The van der Waals surface area contributed by atoms with Gasteiger partial charge in [0.05, 0.1) is 0 Å². The Morgan fingerprint density at radius 3 is 2.26 bits per heavy atom. The Morgan fingerprint density at radius 2 is 1.74 bits per heavy atom. The van der Waals surface area contributed by atoms with E-state index in [-0.39, 0.29) is 11.7 Å². The topological polar surface area (TPSA) is 20.3 Å². The van der Waals surface area contributed by atoms with E-state index in [1.807, 2.05) is 37.3 Å². The fraction of sp³-hybridized carbons (Fsp3) is 0.588. The Bertz CT molecular complexity index is 374. The zero-order chi connectivity index (χ0) is 14.3. The van der Waals surface area contributed by atoms with E-state index < -0.39 is 0 Å². The van der Waals surface area contributed by atoms with Crippen LogP contribution in [0.3, 0.4) is 0 Å². The van der Waals surface area contributed by atoms with Crippen LogP contribution in [-0.4, -0.2) is 30.3 Å². The summed E-state index contributed by atoms with van der Waals surface area (Å²) < 4.78 is 0. The molecule has 0 radical (unpaired) electrons. The molecule has 0 aliphatic carbocycles. The second-order valence-corrected chi connectivity index (χ2v) is 5.50. The van der Waals surface area contributed by atoms with Gasteiger partial charge in [0.1, 0.15) is 0 Å². The number of Topliss-reactive ketones (excluding diaryl/α,β-unsaturated/α-hetero) is 1. The van der Waals surface area contributed by atoms with Crippen LogP contribution in [0.15, 0.2) is 30.3 Å². The highest BCUT2D eigenvalue weighted by molar-refractivity contribution is 5.97. The Morgan fingerprint density at radius 1 is 1.11 bits per heavy atom. The maximum absolute atomic E-state index is 12.3. The Hall–Kier alpha value is -1.15. The van der Waals surface area contributed by atoms with Crippen molar-refractivity contribution in [2.45, 2.75) is 34.1 Å². The van der Waals surface area contributed by atoms with Crippen molar-refractivity contribution in [3.05, 3.63) is 35.9 Å². The van der Waals surface area contributed by atoms with Gasteiger partial charge < -0.3 is 4.90 Å². The van der Waals surface area contributed by atoms with Crippen LogP contribution in [0.25, 0.3) is 0 Å². The minimum Gasteiger partial charge on any atom is -0.303 e. The van der Waals surface area contributed by atoms with Gasteiger partial charge >= 0.3 is 0 Å². The summed E-state index contributed by atoms with van der Waals surface area (Å²) in [7, 11) is 0. The number of ketones is 1. The first kappa shape index (κ1) is 15.9. The summed E-state index contributed by atoms with van der Waals surface area (Å²) >= 11 is 0. The Labute approximate surface area is 117 Å². The number of carbonyl (C=O) groups is 1. The average Bonchev–Trinajstić information content (AvgIpc) is 2.46. The van der Waals surface area contributed by atoms with Crippen molar-refractivity contribution in [2.75, 3.05) is 19.6 Å². The van der Waals surface area contributed by atoms with Gasteiger partial charge in [0.2, 0.25) is 0 Å². The molecule has 0 amide bonds. The van der Waals surface area contributed by atoms with Crippen LogP contribution in [-0.2, 0) is 0 Å². The molecule has 2 nitrogen and oxygen atoms in total. The molecule has 0 fully saturated rings. The molecule has 2 unspecified atom stereocenters. The molecule has 0 aliphatic rings. The second kappa shape index (κ2) is 8.11. The van der Waals surface area contributed by atoms with Crippen LogP contribution in [0.2, 0.25) is 0 Å². The van der Waals surface area contributed by atoms with Crippen molar-refractivity contribution in [1.82, 2.24) is 4.90 Å². The fourth-order valence-corrected chi connectivity index (χ4v) is 2.26. The van der Waals surface area contributed by atoms with Gasteiger partial charge in [-0.1, -0.05) is 64.4 Å². The third kappa shape index (κ3) is 5.15. The summed E-state index contributed by atoms with van der Waals surface area (Å²) in [4.78, 5) is 14.7. The lowest BCUT2D eigenvalue weighted by atomic mass is 9.98. The lowest BCUT2D eigenvalue weighted by Crippen LogP contribution is -2.34. The summed E-state index contributed by atoms with van der Waals surface area (Å²) in [6, 6.07) is 9.61. The summed E-state index contributed by atoms with van der Waals surface area (Å²) in [6.07, 6.45) is 1.19. The first-order chi connectivity index (χ1) is 9.08. The summed E-state index contributed by atoms with van der Waals surface area (Å²) in [5.74, 6) is 1.01. The smallest absolute Gasteiger partial charge is 0.166 e. The zero-order valence-electron chi connectivity index (χ0n) is 12.7. The maximum Gasteiger partial charge on any atom is 0.166 e. The summed E-state index contributed by atoms with van der Waals surface area (Å²) in [6.45, 7) is 11.6. The van der Waals surface area contributed by atoms with Crippen molar-refractivity contribution in [2.24, 2.45) is 11.8 Å². The molecule has 0 aliphatic heterocycles. The van der Waals surface area contributed by atoms with Gasteiger partial charge in [0.15, 0.2) is 5.78 Å². The number of rotatable bonds is 8. The minimum atomic E-state index is 0.0615. The molecular weight excluding hydrogens is 234 g/mol. The van der Waals surface area contributed by atoms with Crippen molar-refractivity contribution in [1.29, 1.82) is 0 Å². The molecule has 1 aromatic rings. The molecule has 0 spiro atoms. The third-order valence-electron chi connectivity index (χ3n) is 3.75. The molecule has 0 heterocycles. The van der Waals surface area contributed by atoms with Crippen LogP contribution in [0.5, 0.6) is 0 Å². The number of benzene rings is 1. The van der Waals surface area contributed by atoms with Crippen molar-refractivity contribution in [3.8, 4) is 0 Å². The molecule has 1 rings (SSSR count). The van der Waals surface area contributed by atoms with E-state index in [1.54, 1.807) is 0 Å². The predicted octanol–water partition coefficient (Wildman–Crippen LogP) is 3.87. The Kier molecular flexibility index (Phi) is 6.79. The van der Waals surface area contributed by atoms with Gasteiger partial charge in [-0.2, -0.15) is 0 Å². The zero-order valence-corrected chi connectivity index (χ0v) is 12.7. The maximum atomic E-state index is 12.3. The highest BCUT2D eigenvalue weighted by Gasteiger charge is 2.18. The van der Waals surface area contributed by atoms with Gasteiger partial charge in [-0.3, -0.25) is 4.79 Å². The standard InChI is InChI=1S/C17H27NO/c1-5-14(3)12-18(6-2)13-15(4)17(19)16-10-8-7-9-11-16/h7-11,14-15H,5-6,12-13H2,1-4H3. The van der Waals surface area contributed by atoms with Crippen molar-refractivity contribution < 1.29 is 4.79 Å². The molecule has 0 saturated carbocycles. The lowest BCUT2D eigenvalue weighted by Gasteiger charge is -2.26. The summed E-state index contributed by atoms with van der Waals surface area (Å²) in [5.41, 5.74) is 0.828. The van der Waals surface area contributed by atoms with Gasteiger partial charge in [-0.25, -0.2) is 0 Å². The number of hydrogen-bond donors (Lipinski definition) is 0. The van der Waals surface area contributed by atoms with E-state index in [9.17, 15) is 4.79 Å². The van der Waals surface area contributed by atoms with Gasteiger partial charge in [-0.15, -0.1) is 0 Å². The molecule has 0 N–H and O–H groups in total. The largest absolute Gasteiger partial charge is 0.303 e. The quantitative estimate of drug-likeness (QED) is 0.662. The normalized spacial score (nSPS) is 14.4. The first-order valence-corrected chi connectivity index (χ1v) is 7.40. The van der Waals surface area contributed by atoms with E-state index in [0.29, 0.717) is 5.92 Å². The predicted molar refractivity (Wildman–Crippen MR) is 81.5 cm³/mol. The molecule has 2 atom stereocenters. The second-order valence-electron chi connectivity index (χ2n) is 5.50. The molecule has 0 aromatic heterocycles. The number of carbonyl (C=O) groups excluding carboxylic acids is 1. The molecule has 0 saturated heterocycles. The fourth-order valence-electron chi connectivity index (χ4n) is 2.26. The minimum absolute atomic E-state index is 0.0615. The van der Waals surface area contributed by atoms with Crippen LogP contribution >= 0.6 is 0 Å². The molecule has 0 bridgehead atoms. The molecule has 2 heteroatoms. The van der Waals surface area contributed by atoms with Crippen LogP contribution in [0.1, 0.15) is 44.5 Å². The average molecular weight is 261 g/mol. The highest BCUT2D eigenvalue weighted by atomic mass is 16.1.